The molecule has 1 heterocycles. The van der Waals surface area contributed by atoms with Crippen LogP contribution in [0.3, 0.4) is 0 Å². The van der Waals surface area contributed by atoms with Crippen molar-refractivity contribution < 1.29 is 4.74 Å². The summed E-state index contributed by atoms with van der Waals surface area (Å²) in [6, 6.07) is 9.95. The van der Waals surface area contributed by atoms with Crippen LogP contribution >= 0.6 is 12.2 Å². The molecule has 4 nitrogen and oxygen atoms in total. The van der Waals surface area contributed by atoms with Gasteiger partial charge in [0.05, 0.1) is 6.61 Å². The molecule has 0 amide bonds. The van der Waals surface area contributed by atoms with Crippen LogP contribution in [0.4, 0.5) is 0 Å². The molecule has 1 aromatic carbocycles. The second kappa shape index (κ2) is 6.37. The zero-order valence-electron chi connectivity index (χ0n) is 11.8. The summed E-state index contributed by atoms with van der Waals surface area (Å²) in [7, 11) is 0. The standard InChI is InChI=1S/C16H18N2O2S/c19-16-17-15(21)13-8-4-5-9-14(13)18(16)11-20-10-12-6-2-1-3-7-12/h1-3,6-7H,4-5,8-11H2,(H,17,19,21). The van der Waals surface area contributed by atoms with Gasteiger partial charge in [-0.2, -0.15) is 0 Å². The molecular weight excluding hydrogens is 284 g/mol. The lowest BCUT2D eigenvalue weighted by Gasteiger charge is -2.20. The molecule has 0 spiro atoms. The Morgan fingerprint density at radius 1 is 1.19 bits per heavy atom. The van der Waals surface area contributed by atoms with Crippen molar-refractivity contribution in [1.29, 1.82) is 0 Å². The molecule has 0 aliphatic heterocycles. The summed E-state index contributed by atoms with van der Waals surface area (Å²) in [4.78, 5) is 14.9. The highest BCUT2D eigenvalue weighted by Gasteiger charge is 2.16. The van der Waals surface area contributed by atoms with Gasteiger partial charge in [-0.3, -0.25) is 9.55 Å². The summed E-state index contributed by atoms with van der Waals surface area (Å²) in [6.07, 6.45) is 4.08. The quantitative estimate of drug-likeness (QED) is 0.883. The average Bonchev–Trinajstić information content (AvgIpc) is 2.51. The molecule has 0 radical (unpaired) electrons. The predicted octanol–water partition coefficient (Wildman–Crippen LogP) is 2.96. The molecule has 0 atom stereocenters. The SMILES string of the molecule is O=c1[nH]c(=S)c2c(n1COCc1ccccc1)CCCC2. The molecule has 1 aliphatic rings. The third kappa shape index (κ3) is 3.14. The molecule has 2 aromatic rings. The van der Waals surface area contributed by atoms with Gasteiger partial charge in [0, 0.05) is 11.3 Å². The van der Waals surface area contributed by atoms with Gasteiger partial charge >= 0.3 is 5.69 Å². The van der Waals surface area contributed by atoms with Crippen LogP contribution in [-0.2, 0) is 30.9 Å². The van der Waals surface area contributed by atoms with Gasteiger partial charge in [-0.1, -0.05) is 42.5 Å². The first-order valence-corrected chi connectivity index (χ1v) is 7.63. The fourth-order valence-corrected chi connectivity index (χ4v) is 3.07. The minimum atomic E-state index is -0.172. The van der Waals surface area contributed by atoms with Crippen LogP contribution in [0.25, 0.3) is 0 Å². The number of rotatable bonds is 4. The normalized spacial score (nSPS) is 13.9. The van der Waals surface area contributed by atoms with Crippen molar-refractivity contribution in [3.05, 3.63) is 62.3 Å². The van der Waals surface area contributed by atoms with Crippen molar-refractivity contribution in [1.82, 2.24) is 9.55 Å². The van der Waals surface area contributed by atoms with Crippen LogP contribution in [0.1, 0.15) is 29.7 Å². The van der Waals surface area contributed by atoms with E-state index < -0.39 is 0 Å². The Kier molecular flexibility index (Phi) is 4.31. The van der Waals surface area contributed by atoms with Gasteiger partial charge in [0.25, 0.3) is 0 Å². The second-order valence-corrected chi connectivity index (χ2v) is 5.69. The average molecular weight is 302 g/mol. The fraction of sp³-hybridized carbons (Fsp3) is 0.375. The highest BCUT2D eigenvalue weighted by molar-refractivity contribution is 7.71. The minimum Gasteiger partial charge on any atom is -0.356 e. The first-order chi connectivity index (χ1) is 10.3. The van der Waals surface area contributed by atoms with Crippen LogP contribution in [0, 0.1) is 4.64 Å². The maximum absolute atomic E-state index is 12.1. The van der Waals surface area contributed by atoms with Crippen LogP contribution in [0.15, 0.2) is 35.1 Å². The van der Waals surface area contributed by atoms with Crippen LogP contribution in [0.2, 0.25) is 0 Å². The van der Waals surface area contributed by atoms with Crippen molar-refractivity contribution in [3.63, 3.8) is 0 Å². The Labute approximate surface area is 128 Å². The molecule has 21 heavy (non-hydrogen) atoms. The molecule has 5 heteroatoms. The molecule has 0 bridgehead atoms. The van der Waals surface area contributed by atoms with Gasteiger partial charge in [0.2, 0.25) is 0 Å². The van der Waals surface area contributed by atoms with E-state index in [4.69, 9.17) is 17.0 Å². The minimum absolute atomic E-state index is 0.172. The lowest BCUT2D eigenvalue weighted by atomic mass is 9.97. The number of aromatic amines is 1. The molecular formula is C16H18N2O2S. The first kappa shape index (κ1) is 14.2. The van der Waals surface area contributed by atoms with Crippen molar-refractivity contribution in [2.75, 3.05) is 0 Å². The van der Waals surface area contributed by atoms with Gasteiger partial charge in [-0.15, -0.1) is 0 Å². The van der Waals surface area contributed by atoms with Crippen LogP contribution < -0.4 is 5.69 Å². The number of hydrogen-bond donors (Lipinski definition) is 1. The molecule has 1 aliphatic carbocycles. The monoisotopic (exact) mass is 302 g/mol. The molecule has 1 N–H and O–H groups in total. The third-order valence-electron chi connectivity index (χ3n) is 3.84. The summed E-state index contributed by atoms with van der Waals surface area (Å²) in [6.45, 7) is 0.764. The summed E-state index contributed by atoms with van der Waals surface area (Å²) < 4.78 is 7.98. The third-order valence-corrected chi connectivity index (χ3v) is 4.18. The molecule has 0 fully saturated rings. The summed E-state index contributed by atoms with van der Waals surface area (Å²) in [5.74, 6) is 0. The highest BCUT2D eigenvalue weighted by atomic mass is 32.1. The maximum Gasteiger partial charge on any atom is 0.328 e. The largest absolute Gasteiger partial charge is 0.356 e. The van der Waals surface area contributed by atoms with E-state index >= 15 is 0 Å². The maximum atomic E-state index is 12.1. The number of nitrogens with zero attached hydrogens (tertiary/aromatic N) is 1. The Morgan fingerprint density at radius 3 is 2.76 bits per heavy atom. The van der Waals surface area contributed by atoms with E-state index in [1.165, 1.54) is 0 Å². The van der Waals surface area contributed by atoms with E-state index in [1.807, 2.05) is 30.3 Å². The van der Waals surface area contributed by atoms with Gasteiger partial charge in [0.15, 0.2) is 0 Å². The molecule has 0 unspecified atom stereocenters. The van der Waals surface area contributed by atoms with Crippen molar-refractivity contribution in [3.8, 4) is 0 Å². The van der Waals surface area contributed by atoms with Crippen molar-refractivity contribution in [2.24, 2.45) is 0 Å². The number of H-pyrrole nitrogens is 1. The lowest BCUT2D eigenvalue weighted by Crippen LogP contribution is -2.30. The number of nitrogens with one attached hydrogen (secondary N) is 1. The second-order valence-electron chi connectivity index (χ2n) is 5.28. The van der Waals surface area contributed by atoms with Gasteiger partial charge < -0.3 is 4.74 Å². The Bertz CT molecular complexity index is 734. The molecule has 1 aromatic heterocycles. The van der Waals surface area contributed by atoms with Gasteiger partial charge in [-0.25, -0.2) is 4.79 Å². The number of hydrogen-bond acceptors (Lipinski definition) is 3. The molecule has 0 saturated heterocycles. The molecule has 110 valence electrons. The van der Waals surface area contributed by atoms with E-state index in [9.17, 15) is 4.79 Å². The summed E-state index contributed by atoms with van der Waals surface area (Å²) in [5, 5.41) is 0. The van der Waals surface area contributed by atoms with Crippen molar-refractivity contribution >= 4 is 12.2 Å². The zero-order chi connectivity index (χ0) is 14.7. The van der Waals surface area contributed by atoms with E-state index in [1.54, 1.807) is 4.57 Å². The van der Waals surface area contributed by atoms with Gasteiger partial charge in [-0.05, 0) is 31.2 Å². The number of fused-ring (bicyclic) bond motifs is 1. The Morgan fingerprint density at radius 2 is 1.95 bits per heavy atom. The summed E-state index contributed by atoms with van der Waals surface area (Å²) in [5.41, 5.74) is 3.08. The van der Waals surface area contributed by atoms with Gasteiger partial charge in [0.1, 0.15) is 11.4 Å². The molecule has 3 rings (SSSR count). The number of aromatic nitrogens is 2. The van der Waals surface area contributed by atoms with E-state index in [0.717, 1.165) is 42.5 Å². The number of ether oxygens (including phenoxy) is 1. The van der Waals surface area contributed by atoms with E-state index in [2.05, 4.69) is 4.98 Å². The first-order valence-electron chi connectivity index (χ1n) is 7.22. The van der Waals surface area contributed by atoms with Crippen LogP contribution in [-0.4, -0.2) is 9.55 Å². The Balaban J connectivity index is 1.79. The topological polar surface area (TPSA) is 47.0 Å². The smallest absolute Gasteiger partial charge is 0.328 e. The number of benzene rings is 1. The highest BCUT2D eigenvalue weighted by Crippen LogP contribution is 2.20. The predicted molar refractivity (Wildman–Crippen MR) is 83.8 cm³/mol. The van der Waals surface area contributed by atoms with E-state index in [-0.39, 0.29) is 12.4 Å². The zero-order valence-corrected chi connectivity index (χ0v) is 12.6. The van der Waals surface area contributed by atoms with Crippen LogP contribution in [0.5, 0.6) is 0 Å². The van der Waals surface area contributed by atoms with Crippen molar-refractivity contribution in [2.45, 2.75) is 39.0 Å². The summed E-state index contributed by atoms with van der Waals surface area (Å²) >= 11 is 5.27. The van der Waals surface area contributed by atoms with E-state index in [0.29, 0.717) is 11.2 Å². The fourth-order valence-electron chi connectivity index (χ4n) is 2.76. The Hall–Kier alpha value is -1.72. The lowest BCUT2D eigenvalue weighted by molar-refractivity contribution is 0.0584. The molecule has 0 saturated carbocycles.